The fraction of sp³-hybridized carbons (Fsp3) is 0.286. The number of carbonyl (C=O) groups excluding carboxylic acids is 2. The van der Waals surface area contributed by atoms with E-state index in [0.29, 0.717) is 5.69 Å². The lowest BCUT2D eigenvalue weighted by molar-refractivity contribution is -0.126. The van der Waals surface area contributed by atoms with Gasteiger partial charge in [0, 0.05) is 5.69 Å². The number of carbonyl (C=O) groups is 2. The molecule has 2 N–H and O–H groups in total. The maximum atomic E-state index is 12.0. The third kappa shape index (κ3) is 3.73. The zero-order valence-corrected chi connectivity index (χ0v) is 10.9. The van der Waals surface area contributed by atoms with Crippen molar-refractivity contribution >= 4 is 17.5 Å². The Labute approximate surface area is 107 Å². The van der Waals surface area contributed by atoms with E-state index in [2.05, 4.69) is 17.2 Å². The minimum Gasteiger partial charge on any atom is -0.339 e. The summed E-state index contributed by atoms with van der Waals surface area (Å²) in [7, 11) is 0. The van der Waals surface area contributed by atoms with Gasteiger partial charge in [-0.2, -0.15) is 0 Å². The molecule has 96 valence electrons. The van der Waals surface area contributed by atoms with Crippen molar-refractivity contribution in [2.75, 3.05) is 5.32 Å². The number of aryl methyl sites for hydroxylation is 1. The van der Waals surface area contributed by atoms with Crippen molar-refractivity contribution in [2.45, 2.75) is 26.3 Å². The molecule has 0 aromatic heterocycles. The molecule has 0 fully saturated rings. The Balaban J connectivity index is 2.75. The van der Waals surface area contributed by atoms with Gasteiger partial charge in [-0.05, 0) is 44.5 Å². The minimum atomic E-state index is -0.991. The van der Waals surface area contributed by atoms with Crippen LogP contribution in [0.1, 0.15) is 19.4 Å². The Hall–Kier alpha value is -2.10. The van der Waals surface area contributed by atoms with Gasteiger partial charge in [0.1, 0.15) is 5.54 Å². The summed E-state index contributed by atoms with van der Waals surface area (Å²) in [4.78, 5) is 23.3. The van der Waals surface area contributed by atoms with Gasteiger partial charge in [0.05, 0.1) is 0 Å². The lowest BCUT2D eigenvalue weighted by Crippen LogP contribution is -2.51. The van der Waals surface area contributed by atoms with Gasteiger partial charge in [0.2, 0.25) is 11.8 Å². The molecule has 0 spiro atoms. The van der Waals surface area contributed by atoms with Crippen molar-refractivity contribution < 1.29 is 9.59 Å². The highest BCUT2D eigenvalue weighted by Gasteiger charge is 2.28. The van der Waals surface area contributed by atoms with E-state index in [1.54, 1.807) is 19.9 Å². The first-order valence-corrected chi connectivity index (χ1v) is 5.68. The molecule has 1 aromatic rings. The van der Waals surface area contributed by atoms with E-state index in [4.69, 9.17) is 0 Å². The van der Waals surface area contributed by atoms with Crippen LogP contribution in [0, 0.1) is 6.92 Å². The molecule has 2 amide bonds. The van der Waals surface area contributed by atoms with E-state index in [0.717, 1.165) is 11.6 Å². The molecular weight excluding hydrogens is 228 g/mol. The molecule has 0 heterocycles. The Morgan fingerprint density at radius 1 is 1.33 bits per heavy atom. The molecule has 18 heavy (non-hydrogen) atoms. The Morgan fingerprint density at radius 2 is 2.00 bits per heavy atom. The molecule has 1 aromatic carbocycles. The Kier molecular flexibility index (Phi) is 4.26. The molecule has 4 heteroatoms. The van der Waals surface area contributed by atoms with Crippen molar-refractivity contribution in [3.05, 3.63) is 42.5 Å². The number of anilines is 1. The number of hydrogen-bond acceptors (Lipinski definition) is 2. The van der Waals surface area contributed by atoms with Crippen LogP contribution in [0.3, 0.4) is 0 Å². The van der Waals surface area contributed by atoms with Crippen LogP contribution in [-0.4, -0.2) is 17.4 Å². The van der Waals surface area contributed by atoms with Crippen LogP contribution in [0.15, 0.2) is 36.9 Å². The van der Waals surface area contributed by atoms with Crippen LogP contribution < -0.4 is 10.6 Å². The largest absolute Gasteiger partial charge is 0.339 e. The topological polar surface area (TPSA) is 58.2 Å². The summed E-state index contributed by atoms with van der Waals surface area (Å²) in [6.07, 6.45) is 1.14. The molecule has 0 aliphatic heterocycles. The zero-order valence-electron chi connectivity index (χ0n) is 10.9. The third-order valence-electron chi connectivity index (χ3n) is 2.46. The number of hydrogen-bond donors (Lipinski definition) is 2. The average Bonchev–Trinajstić information content (AvgIpc) is 2.28. The molecule has 1 rings (SSSR count). The van der Waals surface area contributed by atoms with E-state index in [9.17, 15) is 9.59 Å². The molecule has 0 unspecified atom stereocenters. The predicted molar refractivity (Wildman–Crippen MR) is 72.2 cm³/mol. The Morgan fingerprint density at radius 3 is 2.56 bits per heavy atom. The monoisotopic (exact) mass is 246 g/mol. The number of benzene rings is 1. The van der Waals surface area contributed by atoms with Gasteiger partial charge in [0.25, 0.3) is 0 Å². The molecule has 0 radical (unpaired) electrons. The normalized spacial score (nSPS) is 10.6. The number of amides is 2. The van der Waals surface area contributed by atoms with E-state index >= 15 is 0 Å². The molecule has 0 aliphatic rings. The first-order chi connectivity index (χ1) is 8.35. The van der Waals surface area contributed by atoms with Crippen LogP contribution in [0.25, 0.3) is 0 Å². The minimum absolute atomic E-state index is 0.275. The van der Waals surface area contributed by atoms with Crippen LogP contribution in [0.2, 0.25) is 0 Å². The van der Waals surface area contributed by atoms with E-state index in [1.165, 1.54) is 0 Å². The third-order valence-corrected chi connectivity index (χ3v) is 2.46. The van der Waals surface area contributed by atoms with Gasteiger partial charge >= 0.3 is 0 Å². The fourth-order valence-corrected chi connectivity index (χ4v) is 1.43. The van der Waals surface area contributed by atoms with Crippen molar-refractivity contribution in [1.29, 1.82) is 0 Å². The van der Waals surface area contributed by atoms with E-state index in [1.807, 2.05) is 25.1 Å². The van der Waals surface area contributed by atoms with Gasteiger partial charge in [-0.25, -0.2) is 0 Å². The molecule has 0 saturated carbocycles. The zero-order chi connectivity index (χ0) is 13.8. The highest BCUT2D eigenvalue weighted by molar-refractivity contribution is 6.01. The van der Waals surface area contributed by atoms with Crippen LogP contribution in [0.4, 0.5) is 5.69 Å². The van der Waals surface area contributed by atoms with Gasteiger partial charge in [-0.15, -0.1) is 0 Å². The van der Waals surface area contributed by atoms with Gasteiger partial charge < -0.3 is 10.6 Å². The molecule has 4 nitrogen and oxygen atoms in total. The summed E-state index contributed by atoms with van der Waals surface area (Å²) in [5.74, 6) is -0.650. The van der Waals surface area contributed by atoms with Crippen LogP contribution in [0.5, 0.6) is 0 Å². The second kappa shape index (κ2) is 5.49. The second-order valence-corrected chi connectivity index (χ2v) is 4.64. The van der Waals surface area contributed by atoms with Crippen LogP contribution >= 0.6 is 0 Å². The quantitative estimate of drug-likeness (QED) is 0.798. The molecular formula is C14H18N2O2. The van der Waals surface area contributed by atoms with Gasteiger partial charge in [0.15, 0.2) is 0 Å². The SMILES string of the molecule is C=CC(=O)NC(C)(C)C(=O)Nc1cccc(C)c1. The number of nitrogens with one attached hydrogen (secondary N) is 2. The summed E-state index contributed by atoms with van der Waals surface area (Å²) < 4.78 is 0. The van der Waals surface area contributed by atoms with Crippen molar-refractivity contribution in [3.63, 3.8) is 0 Å². The second-order valence-electron chi connectivity index (χ2n) is 4.64. The van der Waals surface area contributed by atoms with Gasteiger partial charge in [-0.1, -0.05) is 18.7 Å². The molecule has 0 bridgehead atoms. The number of rotatable bonds is 4. The van der Waals surface area contributed by atoms with Crippen molar-refractivity contribution in [3.8, 4) is 0 Å². The van der Waals surface area contributed by atoms with Crippen molar-refractivity contribution in [1.82, 2.24) is 5.32 Å². The lowest BCUT2D eigenvalue weighted by Gasteiger charge is -2.24. The molecule has 0 saturated heterocycles. The first kappa shape index (κ1) is 14.0. The summed E-state index contributed by atoms with van der Waals surface area (Å²) in [6, 6.07) is 7.47. The average molecular weight is 246 g/mol. The highest BCUT2D eigenvalue weighted by Crippen LogP contribution is 2.12. The highest BCUT2D eigenvalue weighted by atomic mass is 16.2. The predicted octanol–water partition coefficient (Wildman–Crippen LogP) is 2.01. The van der Waals surface area contributed by atoms with Crippen LogP contribution in [-0.2, 0) is 9.59 Å². The molecule has 0 atom stereocenters. The van der Waals surface area contributed by atoms with E-state index in [-0.39, 0.29) is 11.8 Å². The van der Waals surface area contributed by atoms with E-state index < -0.39 is 5.54 Å². The maximum absolute atomic E-state index is 12.0. The summed E-state index contributed by atoms with van der Waals surface area (Å²) in [5.41, 5.74) is 0.774. The standard InChI is InChI=1S/C14H18N2O2/c1-5-12(17)16-14(3,4)13(18)15-11-8-6-7-10(2)9-11/h5-9H,1H2,2-4H3,(H,15,18)(H,16,17). The Bertz CT molecular complexity index is 478. The van der Waals surface area contributed by atoms with Crippen molar-refractivity contribution in [2.24, 2.45) is 0 Å². The summed E-state index contributed by atoms with van der Waals surface area (Å²) in [5, 5.41) is 5.34. The smallest absolute Gasteiger partial charge is 0.249 e. The summed E-state index contributed by atoms with van der Waals surface area (Å²) >= 11 is 0. The lowest BCUT2D eigenvalue weighted by atomic mass is 10.0. The fourth-order valence-electron chi connectivity index (χ4n) is 1.43. The molecule has 0 aliphatic carbocycles. The summed E-state index contributed by atoms with van der Waals surface area (Å²) in [6.45, 7) is 8.58. The van der Waals surface area contributed by atoms with Gasteiger partial charge in [-0.3, -0.25) is 9.59 Å². The maximum Gasteiger partial charge on any atom is 0.249 e. The first-order valence-electron chi connectivity index (χ1n) is 5.68.